The summed E-state index contributed by atoms with van der Waals surface area (Å²) in [5.74, 6) is 0.667. The summed E-state index contributed by atoms with van der Waals surface area (Å²) in [6, 6.07) is 18.7. The number of benzene rings is 2. The highest BCUT2D eigenvalue weighted by molar-refractivity contribution is 5.62. The van der Waals surface area contributed by atoms with Gasteiger partial charge in [-0.2, -0.15) is 0 Å². The average molecular weight is 292 g/mol. The molecule has 0 amide bonds. The molecule has 0 spiro atoms. The van der Waals surface area contributed by atoms with E-state index in [1.165, 1.54) is 36.3 Å². The second kappa shape index (κ2) is 5.44. The summed E-state index contributed by atoms with van der Waals surface area (Å²) in [6.45, 7) is 5.58. The number of likely N-dealkylation sites (tertiary alicyclic amines) is 1. The maximum Gasteiger partial charge on any atom is 0.0432 e. The number of hydrogen-bond donors (Lipinski definition) is 0. The summed E-state index contributed by atoms with van der Waals surface area (Å²) in [7, 11) is 2.25. The van der Waals surface area contributed by atoms with Crippen LogP contribution in [0, 0.1) is 6.92 Å². The predicted octanol–water partition coefficient (Wildman–Crippen LogP) is 3.80. The standard InChI is InChI=1S/C20H24N2/c1-15-7-9-16(10-8-15)13-22-19-6-4-3-5-17(19)18-14-21(2)12-11-20(18)22/h3-10,18,20H,11-14H2,1-2H3. The number of para-hydroxylation sites is 1. The molecule has 2 heterocycles. The fourth-order valence-electron chi connectivity index (χ4n) is 4.12. The van der Waals surface area contributed by atoms with Gasteiger partial charge in [0.25, 0.3) is 0 Å². The van der Waals surface area contributed by atoms with Gasteiger partial charge in [0.05, 0.1) is 0 Å². The Bertz CT molecular complexity index is 662. The molecule has 0 bridgehead atoms. The van der Waals surface area contributed by atoms with Crippen molar-refractivity contribution in [1.29, 1.82) is 0 Å². The van der Waals surface area contributed by atoms with E-state index in [1.54, 1.807) is 5.56 Å². The largest absolute Gasteiger partial charge is 0.363 e. The Morgan fingerprint density at radius 2 is 1.82 bits per heavy atom. The number of nitrogens with zero attached hydrogens (tertiary/aromatic N) is 2. The molecule has 2 aromatic rings. The normalized spacial score (nSPS) is 24.2. The molecule has 0 saturated carbocycles. The molecule has 2 atom stereocenters. The first-order valence-corrected chi connectivity index (χ1v) is 8.32. The van der Waals surface area contributed by atoms with E-state index in [0.29, 0.717) is 12.0 Å². The van der Waals surface area contributed by atoms with Crippen LogP contribution in [0.1, 0.15) is 29.0 Å². The van der Waals surface area contributed by atoms with E-state index in [4.69, 9.17) is 0 Å². The lowest BCUT2D eigenvalue weighted by Gasteiger charge is -2.37. The van der Waals surface area contributed by atoms with E-state index < -0.39 is 0 Å². The Hall–Kier alpha value is -1.80. The van der Waals surface area contributed by atoms with Crippen LogP contribution >= 0.6 is 0 Å². The van der Waals surface area contributed by atoms with Gasteiger partial charge in [0, 0.05) is 30.7 Å². The van der Waals surface area contributed by atoms with Gasteiger partial charge in [0.2, 0.25) is 0 Å². The number of hydrogen-bond acceptors (Lipinski definition) is 2. The molecule has 2 aromatic carbocycles. The van der Waals surface area contributed by atoms with Crippen molar-refractivity contribution in [2.45, 2.75) is 31.8 Å². The molecule has 0 radical (unpaired) electrons. The maximum atomic E-state index is 2.65. The lowest BCUT2D eigenvalue weighted by Crippen LogP contribution is -2.44. The topological polar surface area (TPSA) is 6.48 Å². The van der Waals surface area contributed by atoms with Gasteiger partial charge in [-0.25, -0.2) is 0 Å². The number of anilines is 1. The molecule has 0 aliphatic carbocycles. The van der Waals surface area contributed by atoms with Crippen molar-refractivity contribution in [3.63, 3.8) is 0 Å². The van der Waals surface area contributed by atoms with Crippen LogP contribution in [-0.4, -0.2) is 31.1 Å². The SMILES string of the molecule is Cc1ccc(CN2c3ccccc3C3CN(C)CCC32)cc1. The van der Waals surface area contributed by atoms with Gasteiger partial charge in [-0.1, -0.05) is 48.0 Å². The van der Waals surface area contributed by atoms with Crippen molar-refractivity contribution in [3.8, 4) is 0 Å². The fourth-order valence-corrected chi connectivity index (χ4v) is 4.12. The summed E-state index contributed by atoms with van der Waals surface area (Å²) in [5, 5.41) is 0. The first-order chi connectivity index (χ1) is 10.7. The highest BCUT2D eigenvalue weighted by atomic mass is 15.2. The van der Waals surface area contributed by atoms with Crippen LogP contribution < -0.4 is 4.90 Å². The zero-order chi connectivity index (χ0) is 15.1. The molecule has 1 fully saturated rings. The third-order valence-corrected chi connectivity index (χ3v) is 5.30. The summed E-state index contributed by atoms with van der Waals surface area (Å²) >= 11 is 0. The lowest BCUT2D eigenvalue weighted by atomic mass is 9.89. The van der Waals surface area contributed by atoms with Gasteiger partial charge in [-0.3, -0.25) is 0 Å². The third-order valence-electron chi connectivity index (χ3n) is 5.30. The number of likely N-dealkylation sites (N-methyl/N-ethyl adjacent to an activating group) is 1. The molecule has 0 N–H and O–H groups in total. The molecule has 2 nitrogen and oxygen atoms in total. The molecule has 2 aliphatic rings. The van der Waals surface area contributed by atoms with E-state index in [2.05, 4.69) is 72.3 Å². The van der Waals surface area contributed by atoms with Crippen molar-refractivity contribution < 1.29 is 0 Å². The van der Waals surface area contributed by atoms with E-state index in [0.717, 1.165) is 6.54 Å². The minimum Gasteiger partial charge on any atom is -0.363 e. The minimum atomic E-state index is 0.662. The first-order valence-electron chi connectivity index (χ1n) is 8.32. The third kappa shape index (κ3) is 2.32. The van der Waals surface area contributed by atoms with Gasteiger partial charge < -0.3 is 9.80 Å². The van der Waals surface area contributed by atoms with Crippen molar-refractivity contribution in [1.82, 2.24) is 4.90 Å². The summed E-state index contributed by atoms with van der Waals surface area (Å²) in [6.07, 6.45) is 1.27. The monoisotopic (exact) mass is 292 g/mol. The molecule has 2 aliphatic heterocycles. The Labute approximate surface area is 133 Å². The molecule has 2 heteroatoms. The zero-order valence-electron chi connectivity index (χ0n) is 13.5. The Morgan fingerprint density at radius 1 is 1.05 bits per heavy atom. The molecule has 1 saturated heterocycles. The van der Waals surface area contributed by atoms with Crippen LogP contribution in [0.25, 0.3) is 0 Å². The fraction of sp³-hybridized carbons (Fsp3) is 0.400. The molecular weight excluding hydrogens is 268 g/mol. The zero-order valence-corrected chi connectivity index (χ0v) is 13.5. The minimum absolute atomic E-state index is 0.662. The second-order valence-electron chi connectivity index (χ2n) is 6.90. The van der Waals surface area contributed by atoms with Crippen LogP contribution in [0.2, 0.25) is 0 Å². The van der Waals surface area contributed by atoms with Crippen molar-refractivity contribution in [2.24, 2.45) is 0 Å². The molecule has 114 valence electrons. The van der Waals surface area contributed by atoms with Crippen molar-refractivity contribution in [2.75, 3.05) is 25.0 Å². The Balaban J connectivity index is 1.67. The maximum absolute atomic E-state index is 2.65. The molecular formula is C20H24N2. The van der Waals surface area contributed by atoms with Crippen LogP contribution in [0.3, 0.4) is 0 Å². The summed E-state index contributed by atoms with van der Waals surface area (Å²) in [4.78, 5) is 5.13. The molecule has 0 aromatic heterocycles. The Morgan fingerprint density at radius 3 is 2.64 bits per heavy atom. The van der Waals surface area contributed by atoms with Gasteiger partial charge in [-0.15, -0.1) is 0 Å². The first kappa shape index (κ1) is 13.8. The lowest BCUT2D eigenvalue weighted by molar-refractivity contribution is 0.230. The van der Waals surface area contributed by atoms with E-state index in [1.807, 2.05) is 0 Å². The van der Waals surface area contributed by atoms with Crippen LogP contribution in [0.15, 0.2) is 48.5 Å². The molecule has 22 heavy (non-hydrogen) atoms. The van der Waals surface area contributed by atoms with Crippen LogP contribution in [0.5, 0.6) is 0 Å². The summed E-state index contributed by atoms with van der Waals surface area (Å²) in [5.41, 5.74) is 5.75. The van der Waals surface area contributed by atoms with E-state index in [-0.39, 0.29) is 0 Å². The van der Waals surface area contributed by atoms with E-state index >= 15 is 0 Å². The smallest absolute Gasteiger partial charge is 0.0432 e. The number of rotatable bonds is 2. The van der Waals surface area contributed by atoms with Crippen LogP contribution in [0.4, 0.5) is 5.69 Å². The van der Waals surface area contributed by atoms with Crippen LogP contribution in [-0.2, 0) is 6.54 Å². The highest BCUT2D eigenvalue weighted by Gasteiger charge is 2.40. The van der Waals surface area contributed by atoms with Gasteiger partial charge >= 0.3 is 0 Å². The molecule has 2 unspecified atom stereocenters. The quantitative estimate of drug-likeness (QED) is 0.830. The second-order valence-corrected chi connectivity index (χ2v) is 6.90. The molecule has 4 rings (SSSR count). The van der Waals surface area contributed by atoms with Gasteiger partial charge in [0.15, 0.2) is 0 Å². The summed E-state index contributed by atoms with van der Waals surface area (Å²) < 4.78 is 0. The van der Waals surface area contributed by atoms with Gasteiger partial charge in [-0.05, 0) is 44.1 Å². The highest BCUT2D eigenvalue weighted by Crippen LogP contribution is 2.44. The van der Waals surface area contributed by atoms with Crippen molar-refractivity contribution >= 4 is 5.69 Å². The number of piperidine rings is 1. The van der Waals surface area contributed by atoms with Gasteiger partial charge in [0.1, 0.15) is 0 Å². The average Bonchev–Trinajstić information content (AvgIpc) is 2.83. The van der Waals surface area contributed by atoms with E-state index in [9.17, 15) is 0 Å². The predicted molar refractivity (Wildman–Crippen MR) is 92.4 cm³/mol. The number of fused-ring (bicyclic) bond motifs is 3. The Kier molecular flexibility index (Phi) is 3.42. The van der Waals surface area contributed by atoms with Crippen molar-refractivity contribution in [3.05, 3.63) is 65.2 Å². The number of aryl methyl sites for hydroxylation is 1.